The fraction of sp³-hybridized carbons (Fsp3) is 0.214. The maximum absolute atomic E-state index is 13.6. The molecule has 0 bridgehead atoms. The molecule has 2 aliphatic heterocycles. The summed E-state index contributed by atoms with van der Waals surface area (Å²) < 4.78 is 24.9. The van der Waals surface area contributed by atoms with Gasteiger partial charge in [0.25, 0.3) is 5.91 Å². The van der Waals surface area contributed by atoms with Crippen LogP contribution in [0.4, 0.5) is 4.39 Å². The predicted molar refractivity (Wildman–Crippen MR) is 131 cm³/mol. The number of hydrogen-bond donors (Lipinski definition) is 0. The molecule has 0 aliphatic carbocycles. The highest BCUT2D eigenvalue weighted by Crippen LogP contribution is 2.43. The van der Waals surface area contributed by atoms with Crippen LogP contribution in [-0.4, -0.2) is 53.7 Å². The second kappa shape index (κ2) is 9.00. The van der Waals surface area contributed by atoms with Crippen LogP contribution in [0.25, 0.3) is 22.0 Å². The van der Waals surface area contributed by atoms with E-state index in [4.69, 9.17) is 14.5 Å². The van der Waals surface area contributed by atoms with Crippen molar-refractivity contribution >= 4 is 16.8 Å². The van der Waals surface area contributed by atoms with E-state index in [1.165, 1.54) is 17.7 Å². The van der Waals surface area contributed by atoms with Gasteiger partial charge in [0.05, 0.1) is 10.9 Å². The number of pyridine rings is 1. The van der Waals surface area contributed by atoms with E-state index in [1.54, 1.807) is 18.2 Å². The van der Waals surface area contributed by atoms with E-state index in [9.17, 15) is 9.18 Å². The van der Waals surface area contributed by atoms with Crippen molar-refractivity contribution in [3.8, 4) is 22.6 Å². The largest absolute Gasteiger partial charge is 0.454 e. The molecule has 176 valence electrons. The molecule has 6 nitrogen and oxygen atoms in total. The molecule has 35 heavy (non-hydrogen) atoms. The van der Waals surface area contributed by atoms with Crippen molar-refractivity contribution in [2.24, 2.45) is 0 Å². The molecule has 1 amide bonds. The molecule has 2 aliphatic rings. The van der Waals surface area contributed by atoms with Crippen LogP contribution in [0.2, 0.25) is 0 Å². The third-order valence-electron chi connectivity index (χ3n) is 6.59. The number of benzene rings is 3. The molecule has 0 saturated carbocycles. The number of rotatable bonds is 4. The number of amides is 1. The van der Waals surface area contributed by atoms with E-state index in [0.717, 1.165) is 36.1 Å². The number of carbonyl (C=O) groups excluding carboxylic acids is 1. The second-order valence-corrected chi connectivity index (χ2v) is 8.81. The van der Waals surface area contributed by atoms with E-state index in [-0.39, 0.29) is 18.5 Å². The van der Waals surface area contributed by atoms with Crippen LogP contribution in [0.5, 0.6) is 11.5 Å². The van der Waals surface area contributed by atoms with Crippen LogP contribution in [0, 0.1) is 5.82 Å². The lowest BCUT2D eigenvalue weighted by Gasteiger charge is -2.34. The third kappa shape index (κ3) is 4.19. The molecule has 6 rings (SSSR count). The van der Waals surface area contributed by atoms with Gasteiger partial charge >= 0.3 is 0 Å². The fourth-order valence-electron chi connectivity index (χ4n) is 4.77. The van der Waals surface area contributed by atoms with Crippen LogP contribution >= 0.6 is 0 Å². The van der Waals surface area contributed by atoms with Gasteiger partial charge in [-0.05, 0) is 47.0 Å². The van der Waals surface area contributed by atoms with Crippen molar-refractivity contribution in [3.63, 3.8) is 0 Å². The van der Waals surface area contributed by atoms with Crippen molar-refractivity contribution in [2.45, 2.75) is 6.54 Å². The molecule has 1 fully saturated rings. The van der Waals surface area contributed by atoms with Gasteiger partial charge in [-0.2, -0.15) is 0 Å². The average molecular weight is 470 g/mol. The van der Waals surface area contributed by atoms with Gasteiger partial charge in [-0.3, -0.25) is 9.69 Å². The van der Waals surface area contributed by atoms with Gasteiger partial charge in [-0.15, -0.1) is 0 Å². The van der Waals surface area contributed by atoms with Crippen LogP contribution < -0.4 is 9.47 Å². The quantitative estimate of drug-likeness (QED) is 0.433. The van der Waals surface area contributed by atoms with E-state index in [1.807, 2.05) is 35.2 Å². The van der Waals surface area contributed by atoms with Gasteiger partial charge in [0.1, 0.15) is 11.5 Å². The molecule has 3 aromatic carbocycles. The zero-order valence-corrected chi connectivity index (χ0v) is 19.1. The Morgan fingerprint density at radius 3 is 2.46 bits per heavy atom. The lowest BCUT2D eigenvalue weighted by Crippen LogP contribution is -2.48. The van der Waals surface area contributed by atoms with E-state index < -0.39 is 0 Å². The average Bonchev–Trinajstić information content (AvgIpc) is 3.38. The van der Waals surface area contributed by atoms with Gasteiger partial charge < -0.3 is 14.4 Å². The van der Waals surface area contributed by atoms with Crippen LogP contribution in [0.1, 0.15) is 16.1 Å². The van der Waals surface area contributed by atoms with Gasteiger partial charge in [0.2, 0.25) is 6.79 Å². The first-order valence-electron chi connectivity index (χ1n) is 11.7. The highest BCUT2D eigenvalue weighted by molar-refractivity contribution is 6.05. The molecule has 1 saturated heterocycles. The van der Waals surface area contributed by atoms with Crippen molar-refractivity contribution in [2.75, 3.05) is 33.0 Å². The monoisotopic (exact) mass is 469 g/mol. The minimum Gasteiger partial charge on any atom is -0.454 e. The van der Waals surface area contributed by atoms with Crippen LogP contribution in [0.15, 0.2) is 72.8 Å². The summed E-state index contributed by atoms with van der Waals surface area (Å²) in [7, 11) is 0. The maximum atomic E-state index is 13.6. The Bertz CT molecular complexity index is 1380. The minimum absolute atomic E-state index is 0.104. The van der Waals surface area contributed by atoms with Crippen LogP contribution in [-0.2, 0) is 6.54 Å². The highest BCUT2D eigenvalue weighted by Gasteiger charge is 2.26. The summed E-state index contributed by atoms with van der Waals surface area (Å²) in [5.74, 6) is 0.813. The first-order valence-corrected chi connectivity index (χ1v) is 11.7. The van der Waals surface area contributed by atoms with Crippen LogP contribution in [0.3, 0.4) is 0 Å². The molecule has 0 radical (unpaired) electrons. The molecular formula is C28H24FN3O3. The van der Waals surface area contributed by atoms with Gasteiger partial charge in [0, 0.05) is 32.7 Å². The Balaban J connectivity index is 1.30. The lowest BCUT2D eigenvalue weighted by atomic mass is 9.98. The fourth-order valence-corrected chi connectivity index (χ4v) is 4.77. The summed E-state index contributed by atoms with van der Waals surface area (Å²) in [6.45, 7) is 3.89. The number of ether oxygens (including phenoxy) is 2. The Labute approximate surface area is 202 Å². The number of piperazine rings is 1. The van der Waals surface area contributed by atoms with Crippen molar-refractivity contribution < 1.29 is 18.7 Å². The number of aromatic nitrogens is 1. The standard InChI is InChI=1S/C28H24FN3O3/c29-21-8-6-20(7-9-21)22-16-24(30-23-10-11-25-27(26(22)23)35-18-34-25)28(33)32-14-12-31(13-15-32)17-19-4-2-1-3-5-19/h1-11,16H,12-15,17-18H2. The molecule has 3 heterocycles. The first-order chi connectivity index (χ1) is 17.2. The van der Waals surface area contributed by atoms with Crippen molar-refractivity contribution in [3.05, 3.63) is 89.9 Å². The summed E-state index contributed by atoms with van der Waals surface area (Å²) >= 11 is 0. The van der Waals surface area contributed by atoms with Gasteiger partial charge in [0.15, 0.2) is 11.5 Å². The summed E-state index contributed by atoms with van der Waals surface area (Å²) in [6, 6.07) is 22.0. The van der Waals surface area contributed by atoms with E-state index in [2.05, 4.69) is 17.0 Å². The number of hydrogen-bond acceptors (Lipinski definition) is 5. The molecule has 0 atom stereocenters. The normalized spacial score (nSPS) is 15.5. The number of halogens is 1. The Kier molecular flexibility index (Phi) is 5.54. The molecule has 0 N–H and O–H groups in total. The molecule has 4 aromatic rings. The maximum Gasteiger partial charge on any atom is 0.272 e. The van der Waals surface area contributed by atoms with Crippen molar-refractivity contribution in [1.29, 1.82) is 0 Å². The summed E-state index contributed by atoms with van der Waals surface area (Å²) in [4.78, 5) is 22.4. The molecule has 1 aromatic heterocycles. The van der Waals surface area contributed by atoms with E-state index in [0.29, 0.717) is 35.8 Å². The Hall–Kier alpha value is -3.97. The second-order valence-electron chi connectivity index (χ2n) is 8.81. The summed E-state index contributed by atoms with van der Waals surface area (Å²) in [6.07, 6.45) is 0. The Morgan fingerprint density at radius 2 is 1.69 bits per heavy atom. The predicted octanol–water partition coefficient (Wildman–Crippen LogP) is 4.73. The highest BCUT2D eigenvalue weighted by atomic mass is 19.1. The summed E-state index contributed by atoms with van der Waals surface area (Å²) in [5, 5.41) is 0.760. The molecule has 0 spiro atoms. The lowest BCUT2D eigenvalue weighted by molar-refractivity contribution is 0.0623. The zero-order valence-electron chi connectivity index (χ0n) is 19.1. The van der Waals surface area contributed by atoms with Gasteiger partial charge in [-0.25, -0.2) is 9.37 Å². The Morgan fingerprint density at radius 1 is 0.914 bits per heavy atom. The molecular weight excluding hydrogens is 445 g/mol. The smallest absolute Gasteiger partial charge is 0.272 e. The number of nitrogens with zero attached hydrogens (tertiary/aromatic N) is 3. The van der Waals surface area contributed by atoms with Crippen molar-refractivity contribution in [1.82, 2.24) is 14.8 Å². The minimum atomic E-state index is -0.318. The topological polar surface area (TPSA) is 54.9 Å². The van der Waals surface area contributed by atoms with Gasteiger partial charge in [-0.1, -0.05) is 42.5 Å². The zero-order chi connectivity index (χ0) is 23.8. The molecule has 7 heteroatoms. The molecule has 0 unspecified atom stereocenters. The number of fused-ring (bicyclic) bond motifs is 3. The first kappa shape index (κ1) is 21.6. The summed E-state index contributed by atoms with van der Waals surface area (Å²) in [5.41, 5.74) is 3.83. The van der Waals surface area contributed by atoms with E-state index >= 15 is 0 Å². The SMILES string of the molecule is O=C(c1cc(-c2ccc(F)cc2)c2c3c(ccc2n1)OCO3)N1CCN(Cc2ccccc2)CC1. The third-order valence-corrected chi connectivity index (χ3v) is 6.59. The number of carbonyl (C=O) groups is 1.